The molecule has 0 saturated carbocycles. The number of nitrogen functional groups attached to an aromatic ring is 1. The summed E-state index contributed by atoms with van der Waals surface area (Å²) in [4.78, 5) is 14.6. The van der Waals surface area contributed by atoms with Crippen molar-refractivity contribution in [1.29, 1.82) is 0 Å². The Hall–Kier alpha value is -2.66. The summed E-state index contributed by atoms with van der Waals surface area (Å²) in [6.45, 7) is 3.48. The van der Waals surface area contributed by atoms with Gasteiger partial charge in [-0.3, -0.25) is 4.98 Å². The van der Waals surface area contributed by atoms with E-state index in [9.17, 15) is 0 Å². The molecule has 5 nitrogen and oxygen atoms in total. The van der Waals surface area contributed by atoms with Crippen LogP contribution in [-0.4, -0.2) is 15.0 Å². The van der Waals surface area contributed by atoms with Gasteiger partial charge in [0.05, 0.1) is 0 Å². The van der Waals surface area contributed by atoms with Gasteiger partial charge in [-0.15, -0.1) is 0 Å². The van der Waals surface area contributed by atoms with Crippen molar-refractivity contribution >= 4 is 23.4 Å². The number of aryl methyl sites for hydroxylation is 1. The largest absolute Gasteiger partial charge is 0.368 e. The molecule has 2 N–H and O–H groups in total. The molecule has 3 rings (SSSR count). The van der Waals surface area contributed by atoms with Gasteiger partial charge in [-0.2, -0.15) is 4.98 Å². The first-order valence-corrected chi connectivity index (χ1v) is 8.53. The highest BCUT2D eigenvalue weighted by atomic mass is 35.5. The lowest BCUT2D eigenvalue weighted by molar-refractivity contribution is 0.779. The van der Waals surface area contributed by atoms with E-state index in [1.165, 1.54) is 11.1 Å². The van der Waals surface area contributed by atoms with Gasteiger partial charge in [0, 0.05) is 31.5 Å². The van der Waals surface area contributed by atoms with Crippen LogP contribution in [0.3, 0.4) is 0 Å². The molecule has 1 aromatic carbocycles. The van der Waals surface area contributed by atoms with Crippen molar-refractivity contribution in [3.05, 3.63) is 76.7 Å². The van der Waals surface area contributed by atoms with Crippen molar-refractivity contribution in [2.75, 3.05) is 10.6 Å². The molecule has 0 aliphatic heterocycles. The maximum atomic E-state index is 6.07. The lowest BCUT2D eigenvalue weighted by atomic mass is 10.1. The maximum Gasteiger partial charge on any atom is 0.223 e. The van der Waals surface area contributed by atoms with Gasteiger partial charge in [-0.25, -0.2) is 4.98 Å². The van der Waals surface area contributed by atoms with E-state index in [1.807, 2.05) is 18.3 Å². The molecule has 0 radical (unpaired) electrons. The van der Waals surface area contributed by atoms with Crippen LogP contribution in [0.5, 0.6) is 0 Å². The van der Waals surface area contributed by atoms with Crippen molar-refractivity contribution in [2.24, 2.45) is 0 Å². The Morgan fingerprint density at radius 3 is 2.36 bits per heavy atom. The molecule has 6 heteroatoms. The Bertz CT molecular complexity index is 801. The highest BCUT2D eigenvalue weighted by molar-refractivity contribution is 6.29. The van der Waals surface area contributed by atoms with Crippen molar-refractivity contribution < 1.29 is 0 Å². The number of nitrogens with two attached hydrogens (primary N) is 1. The van der Waals surface area contributed by atoms with Gasteiger partial charge in [0.15, 0.2) is 0 Å². The van der Waals surface area contributed by atoms with E-state index in [2.05, 4.69) is 51.0 Å². The van der Waals surface area contributed by atoms with Crippen LogP contribution in [0.25, 0.3) is 0 Å². The fraction of sp³-hybridized carbons (Fsp3) is 0.211. The van der Waals surface area contributed by atoms with Crippen molar-refractivity contribution in [1.82, 2.24) is 15.0 Å². The van der Waals surface area contributed by atoms with Gasteiger partial charge in [0.25, 0.3) is 0 Å². The predicted molar refractivity (Wildman–Crippen MR) is 101 cm³/mol. The molecule has 3 aromatic rings. The molecule has 0 spiro atoms. The summed E-state index contributed by atoms with van der Waals surface area (Å²) < 4.78 is 0. The van der Waals surface area contributed by atoms with E-state index in [0.29, 0.717) is 24.1 Å². The molecule has 2 aromatic heterocycles. The Labute approximate surface area is 152 Å². The van der Waals surface area contributed by atoms with Gasteiger partial charge in [-0.05, 0) is 29.2 Å². The first-order valence-electron chi connectivity index (χ1n) is 8.16. The number of aromatic nitrogens is 3. The maximum absolute atomic E-state index is 6.07. The molecule has 0 bridgehead atoms. The highest BCUT2D eigenvalue weighted by Gasteiger charge is 2.12. The molecule has 0 fully saturated rings. The van der Waals surface area contributed by atoms with Crippen LogP contribution in [0.15, 0.2) is 54.9 Å². The first kappa shape index (κ1) is 17.2. The number of benzene rings is 1. The fourth-order valence-corrected chi connectivity index (χ4v) is 2.80. The van der Waals surface area contributed by atoms with Crippen molar-refractivity contribution in [3.8, 4) is 0 Å². The highest BCUT2D eigenvalue weighted by Crippen LogP contribution is 2.22. The summed E-state index contributed by atoms with van der Waals surface area (Å²) in [5.41, 5.74) is 9.37. The molecule has 25 heavy (non-hydrogen) atoms. The van der Waals surface area contributed by atoms with E-state index < -0.39 is 0 Å². The zero-order valence-electron chi connectivity index (χ0n) is 14.1. The van der Waals surface area contributed by atoms with Crippen molar-refractivity contribution in [3.63, 3.8) is 0 Å². The van der Waals surface area contributed by atoms with Crippen LogP contribution in [0.2, 0.25) is 5.15 Å². The van der Waals surface area contributed by atoms with E-state index in [0.717, 1.165) is 12.0 Å². The normalized spacial score (nSPS) is 10.6. The molecular weight excluding hydrogens is 334 g/mol. The zero-order valence-corrected chi connectivity index (χ0v) is 14.8. The third-order valence-electron chi connectivity index (χ3n) is 3.92. The quantitative estimate of drug-likeness (QED) is 0.681. The molecule has 2 heterocycles. The first-order chi connectivity index (χ1) is 12.1. The zero-order chi connectivity index (χ0) is 17.6. The molecule has 128 valence electrons. The predicted octanol–water partition coefficient (Wildman–Crippen LogP) is 3.88. The van der Waals surface area contributed by atoms with Gasteiger partial charge in [0.2, 0.25) is 5.95 Å². The molecule has 0 saturated heterocycles. The minimum absolute atomic E-state index is 0.167. The number of anilines is 2. The molecule has 0 aliphatic rings. The number of nitrogens with zero attached hydrogens (tertiary/aromatic N) is 4. The van der Waals surface area contributed by atoms with Crippen LogP contribution in [-0.2, 0) is 19.5 Å². The van der Waals surface area contributed by atoms with Crippen LogP contribution in [0, 0.1) is 0 Å². The van der Waals surface area contributed by atoms with Crippen LogP contribution >= 0.6 is 11.6 Å². The number of halogens is 1. The summed E-state index contributed by atoms with van der Waals surface area (Å²) in [7, 11) is 0. The van der Waals surface area contributed by atoms with Gasteiger partial charge in [0.1, 0.15) is 11.0 Å². The monoisotopic (exact) mass is 353 g/mol. The Morgan fingerprint density at radius 1 is 1.00 bits per heavy atom. The second-order valence-electron chi connectivity index (χ2n) is 5.79. The minimum atomic E-state index is 0.167. The number of hydrogen-bond acceptors (Lipinski definition) is 5. The number of rotatable bonds is 6. The average molecular weight is 354 g/mol. The topological polar surface area (TPSA) is 67.9 Å². The van der Waals surface area contributed by atoms with Crippen LogP contribution in [0.1, 0.15) is 23.6 Å². The van der Waals surface area contributed by atoms with E-state index >= 15 is 0 Å². The Kier molecular flexibility index (Phi) is 5.46. The van der Waals surface area contributed by atoms with E-state index in [-0.39, 0.29) is 5.95 Å². The Balaban J connectivity index is 1.89. The molecule has 0 amide bonds. The molecular formula is C19H20ClN5. The summed E-state index contributed by atoms with van der Waals surface area (Å²) in [6.07, 6.45) is 4.63. The van der Waals surface area contributed by atoms with Crippen molar-refractivity contribution in [2.45, 2.75) is 26.4 Å². The summed E-state index contributed by atoms with van der Waals surface area (Å²) in [5.74, 6) is 0.862. The summed E-state index contributed by atoms with van der Waals surface area (Å²) in [5, 5.41) is 0.333. The molecule has 0 unspecified atom stereocenters. The minimum Gasteiger partial charge on any atom is -0.368 e. The standard InChI is InChI=1S/C19H20ClN5/c1-2-14-5-7-15(8-6-14)12-25(13-16-4-3-9-22-11-16)18-10-17(20)23-19(21)24-18/h3-11H,2,12-13H2,1H3,(H2,21,23,24). The third-order valence-corrected chi connectivity index (χ3v) is 4.12. The number of pyridine rings is 1. The molecule has 0 atom stereocenters. The summed E-state index contributed by atoms with van der Waals surface area (Å²) >= 11 is 6.07. The van der Waals surface area contributed by atoms with Gasteiger partial charge < -0.3 is 10.6 Å². The third kappa shape index (κ3) is 4.67. The second kappa shape index (κ2) is 7.94. The van der Waals surface area contributed by atoms with E-state index in [1.54, 1.807) is 12.3 Å². The average Bonchev–Trinajstić information content (AvgIpc) is 2.62. The van der Waals surface area contributed by atoms with Gasteiger partial charge >= 0.3 is 0 Å². The molecule has 0 aliphatic carbocycles. The van der Waals surface area contributed by atoms with E-state index in [4.69, 9.17) is 17.3 Å². The fourth-order valence-electron chi connectivity index (χ4n) is 2.62. The number of hydrogen-bond donors (Lipinski definition) is 1. The lowest BCUT2D eigenvalue weighted by Gasteiger charge is -2.24. The summed E-state index contributed by atoms with van der Waals surface area (Å²) in [6, 6.07) is 14.3. The second-order valence-corrected chi connectivity index (χ2v) is 6.18. The van der Waals surface area contributed by atoms with Gasteiger partial charge in [-0.1, -0.05) is 48.9 Å². The smallest absolute Gasteiger partial charge is 0.223 e. The lowest BCUT2D eigenvalue weighted by Crippen LogP contribution is -2.23. The SMILES string of the molecule is CCc1ccc(CN(Cc2cccnc2)c2cc(Cl)nc(N)n2)cc1. The van der Waals surface area contributed by atoms with Crippen LogP contribution in [0.4, 0.5) is 11.8 Å². The Morgan fingerprint density at radius 2 is 1.72 bits per heavy atom. The van der Waals surface area contributed by atoms with Crippen LogP contribution < -0.4 is 10.6 Å².